The van der Waals surface area contributed by atoms with E-state index in [4.69, 9.17) is 11.6 Å². The number of aliphatic hydroxyl groups is 1. The van der Waals surface area contributed by atoms with E-state index in [0.717, 1.165) is 42.5 Å². The molecular weight excluding hydrogens is 532 g/mol. The van der Waals surface area contributed by atoms with Gasteiger partial charge in [0, 0.05) is 28.7 Å². The second-order valence-corrected chi connectivity index (χ2v) is 13.8. The highest BCUT2D eigenvalue weighted by atomic mass is 35.5. The number of likely N-dealkylation sites (tertiary alicyclic amines) is 1. The number of carbonyl (C=O) groups excluding carboxylic acids is 2. The third-order valence-electron chi connectivity index (χ3n) is 8.37. The number of amides is 2. The highest BCUT2D eigenvalue weighted by molar-refractivity contribution is 6.30. The van der Waals surface area contributed by atoms with E-state index in [1.165, 1.54) is 5.57 Å². The summed E-state index contributed by atoms with van der Waals surface area (Å²) in [5, 5.41) is 14.0. The van der Waals surface area contributed by atoms with Crippen LogP contribution in [-0.4, -0.2) is 40.0 Å². The monoisotopic (exact) mass is 576 g/mol. The molecule has 0 radical (unpaired) electrons. The number of halogens is 1. The number of piperidine rings is 1. The van der Waals surface area contributed by atoms with Gasteiger partial charge in [0.2, 0.25) is 5.91 Å². The van der Waals surface area contributed by atoms with Crippen molar-refractivity contribution in [2.24, 2.45) is 11.8 Å². The molecule has 2 aromatic carbocycles. The first-order chi connectivity index (χ1) is 19.2. The Hall–Kier alpha value is -2.89. The minimum Gasteiger partial charge on any atom is -0.390 e. The lowest BCUT2D eigenvalue weighted by atomic mass is 9.76. The fraction of sp³-hybridized carbons (Fsp3) is 0.486. The molecule has 1 heterocycles. The van der Waals surface area contributed by atoms with Crippen molar-refractivity contribution >= 4 is 29.1 Å². The summed E-state index contributed by atoms with van der Waals surface area (Å²) in [5.74, 6) is -0.438. The van der Waals surface area contributed by atoms with E-state index < -0.39 is 5.60 Å². The standard InChI is InChI=1S/C35H45ClN2O3/c1-23-21-27(36)16-17-29(23)33(40)38-20-8-11-30(32(39)37-28-10-7-9-26(22-28)34(2,3)4)31(38)25-14-12-24(13-15-25)18-19-35(5,6)41/h7,9-10,12-14,16-17,21-22,25,30-31,41H,8,11,15,18-20H2,1-6H3,(H,37,39)/t25?,30?,31-/m0/s1. The van der Waals surface area contributed by atoms with Crippen LogP contribution in [0.5, 0.6) is 0 Å². The smallest absolute Gasteiger partial charge is 0.254 e. The van der Waals surface area contributed by atoms with Gasteiger partial charge in [0.25, 0.3) is 5.91 Å². The van der Waals surface area contributed by atoms with E-state index in [2.05, 4.69) is 50.4 Å². The maximum atomic E-state index is 14.0. The number of nitrogens with one attached hydrogen (secondary N) is 1. The van der Waals surface area contributed by atoms with Crippen LogP contribution in [0.25, 0.3) is 0 Å². The number of benzene rings is 2. The number of anilines is 1. The van der Waals surface area contributed by atoms with Crippen LogP contribution < -0.4 is 5.32 Å². The molecule has 3 atom stereocenters. The second-order valence-electron chi connectivity index (χ2n) is 13.4. The third kappa shape index (κ3) is 7.90. The second kappa shape index (κ2) is 12.5. The van der Waals surface area contributed by atoms with Crippen molar-refractivity contribution in [3.8, 4) is 0 Å². The van der Waals surface area contributed by atoms with Gasteiger partial charge in [-0.2, -0.15) is 0 Å². The molecule has 4 rings (SSSR count). The topological polar surface area (TPSA) is 69.6 Å². The predicted octanol–water partition coefficient (Wildman–Crippen LogP) is 7.86. The molecule has 41 heavy (non-hydrogen) atoms. The van der Waals surface area contributed by atoms with Crippen LogP contribution in [0.4, 0.5) is 5.69 Å². The lowest BCUT2D eigenvalue weighted by Gasteiger charge is -2.44. The first-order valence-corrected chi connectivity index (χ1v) is 15.2. The number of rotatable bonds is 7. The van der Waals surface area contributed by atoms with Gasteiger partial charge in [0.05, 0.1) is 17.6 Å². The molecule has 0 aromatic heterocycles. The number of hydrogen-bond donors (Lipinski definition) is 2. The normalized spacial score (nSPS) is 21.4. The van der Waals surface area contributed by atoms with E-state index in [-0.39, 0.29) is 35.1 Å². The van der Waals surface area contributed by atoms with Crippen molar-refractivity contribution < 1.29 is 14.7 Å². The molecule has 0 saturated carbocycles. The van der Waals surface area contributed by atoms with Gasteiger partial charge in [-0.3, -0.25) is 9.59 Å². The molecular formula is C35H45ClN2O3. The molecule has 2 N–H and O–H groups in total. The Labute approximate surface area is 250 Å². The Balaban J connectivity index is 1.62. The van der Waals surface area contributed by atoms with E-state index >= 15 is 0 Å². The van der Waals surface area contributed by atoms with Crippen molar-refractivity contribution in [2.45, 2.75) is 90.7 Å². The van der Waals surface area contributed by atoms with Crippen LogP contribution in [0.15, 0.2) is 66.3 Å². The summed E-state index contributed by atoms with van der Waals surface area (Å²) >= 11 is 6.20. The van der Waals surface area contributed by atoms with E-state index in [0.29, 0.717) is 23.6 Å². The lowest BCUT2D eigenvalue weighted by molar-refractivity contribution is -0.123. The van der Waals surface area contributed by atoms with Gasteiger partial charge >= 0.3 is 0 Å². The van der Waals surface area contributed by atoms with Gasteiger partial charge in [0.1, 0.15) is 0 Å². The van der Waals surface area contributed by atoms with Crippen molar-refractivity contribution in [1.29, 1.82) is 0 Å². The maximum Gasteiger partial charge on any atom is 0.254 e. The van der Waals surface area contributed by atoms with Crippen LogP contribution >= 0.6 is 11.6 Å². The molecule has 2 aliphatic rings. The fourth-order valence-electron chi connectivity index (χ4n) is 5.96. The van der Waals surface area contributed by atoms with Crippen molar-refractivity contribution in [1.82, 2.24) is 4.90 Å². The average molecular weight is 577 g/mol. The third-order valence-corrected chi connectivity index (χ3v) is 8.61. The zero-order valence-corrected chi connectivity index (χ0v) is 26.1. The van der Waals surface area contributed by atoms with E-state index in [1.807, 2.05) is 49.9 Å². The molecule has 1 saturated heterocycles. The minimum atomic E-state index is -0.720. The van der Waals surface area contributed by atoms with Gasteiger partial charge in [-0.15, -0.1) is 0 Å². The summed E-state index contributed by atoms with van der Waals surface area (Å²) in [4.78, 5) is 29.9. The van der Waals surface area contributed by atoms with E-state index in [9.17, 15) is 14.7 Å². The first-order valence-electron chi connectivity index (χ1n) is 14.8. The van der Waals surface area contributed by atoms with Gasteiger partial charge in [0.15, 0.2) is 0 Å². The highest BCUT2D eigenvalue weighted by Crippen LogP contribution is 2.37. The largest absolute Gasteiger partial charge is 0.390 e. The zero-order valence-electron chi connectivity index (χ0n) is 25.3. The lowest BCUT2D eigenvalue weighted by Crippen LogP contribution is -2.55. The summed E-state index contributed by atoms with van der Waals surface area (Å²) in [6, 6.07) is 13.1. The van der Waals surface area contributed by atoms with Crippen LogP contribution in [0.3, 0.4) is 0 Å². The summed E-state index contributed by atoms with van der Waals surface area (Å²) in [7, 11) is 0. The first kappa shape index (κ1) is 31.1. The van der Waals surface area contributed by atoms with Crippen LogP contribution in [0.2, 0.25) is 5.02 Å². The molecule has 5 nitrogen and oxygen atoms in total. The van der Waals surface area contributed by atoms with Crippen LogP contribution in [0.1, 0.15) is 88.2 Å². The number of aryl methyl sites for hydroxylation is 1. The van der Waals surface area contributed by atoms with Gasteiger partial charge in [-0.05, 0) is 99.7 Å². The van der Waals surface area contributed by atoms with Crippen molar-refractivity contribution in [2.75, 3.05) is 11.9 Å². The van der Waals surface area contributed by atoms with Crippen LogP contribution in [0, 0.1) is 18.8 Å². The molecule has 0 bridgehead atoms. The van der Waals surface area contributed by atoms with Gasteiger partial charge in [-0.25, -0.2) is 0 Å². The van der Waals surface area contributed by atoms with Crippen LogP contribution in [-0.2, 0) is 10.2 Å². The molecule has 2 unspecified atom stereocenters. The van der Waals surface area contributed by atoms with Crippen molar-refractivity contribution in [3.05, 3.63) is 88.0 Å². The molecule has 0 spiro atoms. The maximum absolute atomic E-state index is 14.0. The summed E-state index contributed by atoms with van der Waals surface area (Å²) < 4.78 is 0. The Morgan fingerprint density at radius 1 is 1.10 bits per heavy atom. The number of hydrogen-bond acceptors (Lipinski definition) is 3. The summed E-state index contributed by atoms with van der Waals surface area (Å²) in [6.45, 7) is 12.6. The SMILES string of the molecule is Cc1cc(Cl)ccc1C(=O)N1CCCC(C(=O)Nc2cccc(C(C)(C)C)c2)[C@@H]1C1C=CC(CCC(C)(C)O)=CC1. The van der Waals surface area contributed by atoms with Gasteiger partial charge in [-0.1, -0.05) is 68.3 Å². The minimum absolute atomic E-state index is 0.00871. The molecule has 1 fully saturated rings. The Kier molecular flexibility index (Phi) is 9.50. The molecule has 1 aliphatic heterocycles. The number of allylic oxidation sites excluding steroid dienone is 3. The summed E-state index contributed by atoms with van der Waals surface area (Å²) in [6.07, 6.45) is 10.2. The van der Waals surface area contributed by atoms with Crippen molar-refractivity contribution in [3.63, 3.8) is 0 Å². The molecule has 2 aromatic rings. The number of carbonyl (C=O) groups is 2. The Morgan fingerprint density at radius 3 is 2.49 bits per heavy atom. The average Bonchev–Trinajstić information content (AvgIpc) is 2.91. The quantitative estimate of drug-likeness (QED) is 0.352. The molecule has 2 amide bonds. The Bertz CT molecular complexity index is 1330. The molecule has 220 valence electrons. The predicted molar refractivity (Wildman–Crippen MR) is 168 cm³/mol. The number of nitrogens with zero attached hydrogens (tertiary/aromatic N) is 1. The highest BCUT2D eigenvalue weighted by Gasteiger charge is 2.42. The fourth-order valence-corrected chi connectivity index (χ4v) is 6.19. The summed E-state index contributed by atoms with van der Waals surface area (Å²) in [5.41, 5.74) is 3.83. The zero-order chi connectivity index (χ0) is 29.9. The Morgan fingerprint density at radius 2 is 1.85 bits per heavy atom. The molecule has 1 aliphatic carbocycles. The van der Waals surface area contributed by atoms with Gasteiger partial charge < -0.3 is 15.3 Å². The molecule has 6 heteroatoms. The van der Waals surface area contributed by atoms with E-state index in [1.54, 1.807) is 12.1 Å².